The van der Waals surface area contributed by atoms with Gasteiger partial charge in [0.05, 0.1) is 53.7 Å². The van der Waals surface area contributed by atoms with Crippen molar-refractivity contribution in [3.8, 4) is 11.1 Å². The molecule has 0 saturated carbocycles. The van der Waals surface area contributed by atoms with Crippen LogP contribution in [0.1, 0.15) is 123 Å². The number of nitrogens with one attached hydrogen (secondary N) is 3. The number of nitrogens with zero attached hydrogens (tertiary/aromatic N) is 2. The first-order chi connectivity index (χ1) is 35.6. The van der Waals surface area contributed by atoms with Gasteiger partial charge in [0.2, 0.25) is 5.91 Å². The van der Waals surface area contributed by atoms with Crippen LogP contribution in [-0.4, -0.2) is 184 Å². The normalized spacial score (nSPS) is 37.9. The second-order valence-electron chi connectivity index (χ2n) is 22.4. The number of aliphatic hydroxyl groups is 5. The van der Waals surface area contributed by atoms with Crippen LogP contribution in [-0.2, 0) is 38.0 Å². The number of aliphatic hydroxyl groups excluding tert-OH is 4. The lowest BCUT2D eigenvalue weighted by atomic mass is 9.67. The molecule has 0 aliphatic carbocycles. The van der Waals surface area contributed by atoms with Gasteiger partial charge in [-0.25, -0.2) is 4.39 Å². The largest absolute Gasteiger partial charge is 0.459 e. The molecule has 428 valence electrons. The highest BCUT2D eigenvalue weighted by Gasteiger charge is 2.56. The van der Waals surface area contributed by atoms with E-state index in [-0.39, 0.29) is 49.5 Å². The third-order valence-corrected chi connectivity index (χ3v) is 17.0. The van der Waals surface area contributed by atoms with E-state index < -0.39 is 138 Å². The molecular weight excluding hydrogens is 986 g/mol. The molecule has 0 bridgehead atoms. The summed E-state index contributed by atoms with van der Waals surface area (Å²) < 4.78 is 53.2. The molecule has 3 fully saturated rings. The van der Waals surface area contributed by atoms with Gasteiger partial charge < -0.3 is 74.9 Å². The van der Waals surface area contributed by atoms with Crippen molar-refractivity contribution in [3.63, 3.8) is 0 Å². The summed E-state index contributed by atoms with van der Waals surface area (Å²) >= 11 is 0. The Morgan fingerprint density at radius 3 is 2.13 bits per heavy atom. The van der Waals surface area contributed by atoms with E-state index in [1.807, 2.05) is 32.6 Å². The molecule has 3 saturated heterocycles. The Morgan fingerprint density at radius 1 is 0.934 bits per heavy atom. The lowest BCUT2D eigenvalue weighted by Gasteiger charge is -2.52. The van der Waals surface area contributed by atoms with Crippen LogP contribution in [0.15, 0.2) is 42.6 Å². The molecule has 1 aromatic carbocycles. The zero-order valence-corrected chi connectivity index (χ0v) is 47.0. The number of amides is 2. The van der Waals surface area contributed by atoms with Gasteiger partial charge in [0.1, 0.15) is 42.4 Å². The van der Waals surface area contributed by atoms with Gasteiger partial charge in [-0.2, -0.15) is 0 Å². The molecule has 0 spiro atoms. The highest BCUT2D eigenvalue weighted by atomic mass is 19.1. The molecule has 5 rings (SSSR count). The van der Waals surface area contributed by atoms with Gasteiger partial charge in [-0.05, 0) is 90.0 Å². The first-order valence-electron chi connectivity index (χ1n) is 26.8. The van der Waals surface area contributed by atoms with Crippen molar-refractivity contribution in [2.45, 2.75) is 191 Å². The zero-order valence-electron chi connectivity index (χ0n) is 47.0. The standard InChI is InChI=1S/C56H88FN5O14/c1-15-42-56(10,70)48(66)33(6)45(58)29(2)25-55(9,72-14)50(31(4)44(32(5)52(69)75-42)41-26-54(8,71-13)49(67)34(7)74-41)76-53-47(65)40(24-30(3)73-53)62(12)23-22-43(63)61-39(27-57)46(64)36-18-16-35(17-19-36)37-20-21-38(60-28-37)51(68)59-11/h16-21,28-34,39-42,44,46-50,53,58,64-67,70H,15,22-27H2,1-14H3,(H,59,68)(H,61,63)/t29-,30-,31+,32-,33+,34+,39-,40+,41-,42-,44?,46-,47-,48-,49+,50-,53+,54-,55-,56-/m1/s1. The van der Waals surface area contributed by atoms with Crippen LogP contribution < -0.4 is 10.6 Å². The van der Waals surface area contributed by atoms with Gasteiger partial charge in [-0.1, -0.05) is 65.0 Å². The van der Waals surface area contributed by atoms with Crippen LogP contribution >= 0.6 is 0 Å². The second kappa shape index (κ2) is 26.3. The molecular formula is C56H88FN5O14. The van der Waals surface area contributed by atoms with Crippen LogP contribution in [0.2, 0.25) is 0 Å². The van der Waals surface area contributed by atoms with Crippen LogP contribution in [0, 0.1) is 35.0 Å². The number of likely N-dealkylation sites (N-methyl/N-ethyl adjacent to an activating group) is 1. The minimum atomic E-state index is -1.94. The Kier molecular flexibility index (Phi) is 21.7. The first-order valence-corrected chi connectivity index (χ1v) is 26.8. The number of hydrogen-bond donors (Lipinski definition) is 8. The van der Waals surface area contributed by atoms with Gasteiger partial charge in [0.25, 0.3) is 5.91 Å². The van der Waals surface area contributed by atoms with E-state index in [9.17, 15) is 49.7 Å². The smallest absolute Gasteiger partial charge is 0.309 e. The molecule has 20 heteroatoms. The number of alkyl halides is 1. The fraction of sp³-hybridized carbons (Fsp3) is 0.732. The van der Waals surface area contributed by atoms with E-state index in [1.54, 1.807) is 84.3 Å². The summed E-state index contributed by atoms with van der Waals surface area (Å²) in [6.07, 6.45) is -8.39. The Morgan fingerprint density at radius 2 is 1.57 bits per heavy atom. The van der Waals surface area contributed by atoms with E-state index in [0.29, 0.717) is 12.0 Å². The summed E-state index contributed by atoms with van der Waals surface area (Å²) in [6, 6.07) is 8.19. The van der Waals surface area contributed by atoms with Gasteiger partial charge in [-0.15, -0.1) is 0 Å². The van der Waals surface area contributed by atoms with Crippen LogP contribution in [0.5, 0.6) is 0 Å². The topological polar surface area (TPSA) is 272 Å². The molecule has 2 amide bonds. The molecule has 3 aliphatic rings. The number of benzene rings is 1. The van der Waals surface area contributed by atoms with E-state index in [2.05, 4.69) is 15.6 Å². The fourth-order valence-electron chi connectivity index (χ4n) is 11.9. The van der Waals surface area contributed by atoms with Crippen molar-refractivity contribution in [2.75, 3.05) is 41.5 Å². The summed E-state index contributed by atoms with van der Waals surface area (Å²) in [5, 5.41) is 73.0. The monoisotopic (exact) mass is 1070 g/mol. The van der Waals surface area contributed by atoms with Gasteiger partial charge in [0, 0.05) is 76.0 Å². The molecule has 1 aromatic heterocycles. The number of rotatable bonds is 16. The summed E-state index contributed by atoms with van der Waals surface area (Å²) in [5.74, 6) is -5.37. The Bertz CT molecular complexity index is 2240. The van der Waals surface area contributed by atoms with E-state index in [0.717, 1.165) is 11.1 Å². The van der Waals surface area contributed by atoms with Crippen molar-refractivity contribution in [2.24, 2.45) is 29.6 Å². The van der Waals surface area contributed by atoms with Crippen molar-refractivity contribution in [1.29, 1.82) is 5.41 Å². The number of pyridine rings is 1. The molecule has 20 atom stereocenters. The van der Waals surface area contributed by atoms with E-state index in [1.165, 1.54) is 28.2 Å². The minimum absolute atomic E-state index is 0.112. The van der Waals surface area contributed by atoms with Crippen molar-refractivity contribution < 1.29 is 72.7 Å². The number of esters is 1. The Balaban J connectivity index is 1.40. The molecule has 4 heterocycles. The summed E-state index contributed by atoms with van der Waals surface area (Å²) in [7, 11) is 6.29. The maximum atomic E-state index is 14.6. The van der Waals surface area contributed by atoms with Crippen LogP contribution in [0.4, 0.5) is 4.39 Å². The van der Waals surface area contributed by atoms with Gasteiger partial charge >= 0.3 is 5.97 Å². The quantitative estimate of drug-likeness (QED) is 0.107. The molecule has 3 aliphatic heterocycles. The van der Waals surface area contributed by atoms with Crippen LogP contribution in [0.25, 0.3) is 11.1 Å². The molecule has 1 unspecified atom stereocenters. The summed E-state index contributed by atoms with van der Waals surface area (Å²) in [5.41, 5.74) is -2.09. The van der Waals surface area contributed by atoms with Crippen molar-refractivity contribution in [1.82, 2.24) is 20.5 Å². The number of halogens is 1. The predicted molar refractivity (Wildman–Crippen MR) is 282 cm³/mol. The number of cyclic esters (lactones) is 1. The lowest BCUT2D eigenvalue weighted by molar-refractivity contribution is -0.305. The second-order valence-corrected chi connectivity index (χ2v) is 22.4. The maximum absolute atomic E-state index is 14.6. The Labute approximate surface area is 448 Å². The third kappa shape index (κ3) is 13.8. The van der Waals surface area contributed by atoms with E-state index >= 15 is 0 Å². The average molecular weight is 1070 g/mol. The highest BCUT2D eigenvalue weighted by molar-refractivity contribution is 5.92. The Hall–Kier alpha value is -4.06. The number of methoxy groups -OCH3 is 2. The number of carbonyl (C=O) groups excluding carboxylic acids is 3. The number of aromatic nitrogens is 1. The molecule has 2 aromatic rings. The van der Waals surface area contributed by atoms with Crippen LogP contribution in [0.3, 0.4) is 0 Å². The van der Waals surface area contributed by atoms with Gasteiger partial charge in [-0.3, -0.25) is 19.4 Å². The third-order valence-electron chi connectivity index (χ3n) is 17.0. The molecule has 76 heavy (non-hydrogen) atoms. The van der Waals surface area contributed by atoms with Gasteiger partial charge in [0.15, 0.2) is 6.29 Å². The first kappa shape index (κ1) is 62.8. The SMILES string of the molecule is CC[C@H]1OC(=O)[C@H](C)C([C@H]2C[C@@](C)(OC)[C@@H](O)[C@H](C)O2)[C@H](C)[C@@H](O[C@@H]2O[C@H](C)C[C@H](N(C)CCC(=O)N[C@H](CF)[C@H](O)c3ccc(-c4ccc(C(=O)NC)nc4)cc3)[C@H]2O)[C@](C)(OC)C[C@@H](C)C(=N)[C@H](C)[C@@H](O)[C@]1(C)O. The highest BCUT2D eigenvalue weighted by Crippen LogP contribution is 2.46. The fourth-order valence-corrected chi connectivity index (χ4v) is 11.9. The predicted octanol–water partition coefficient (Wildman–Crippen LogP) is 4.53. The van der Waals surface area contributed by atoms with Crippen molar-refractivity contribution >= 4 is 23.5 Å². The molecule has 19 nitrogen and oxygen atoms in total. The summed E-state index contributed by atoms with van der Waals surface area (Å²) in [6.45, 7) is 16.5. The lowest BCUT2D eigenvalue weighted by Crippen LogP contribution is -2.62. The number of hydrogen-bond acceptors (Lipinski definition) is 17. The maximum Gasteiger partial charge on any atom is 0.309 e. The van der Waals surface area contributed by atoms with E-state index in [4.69, 9.17) is 28.4 Å². The molecule has 0 radical (unpaired) electrons. The molecule has 8 N–H and O–H groups in total. The minimum Gasteiger partial charge on any atom is -0.459 e. The average Bonchev–Trinajstić information content (AvgIpc) is 3.40. The summed E-state index contributed by atoms with van der Waals surface area (Å²) in [4.78, 5) is 46.0. The van der Waals surface area contributed by atoms with Crippen molar-refractivity contribution in [3.05, 3.63) is 53.9 Å². The zero-order chi connectivity index (χ0) is 56.8. The number of ether oxygens (including phenoxy) is 6. The number of carbonyl (C=O) groups is 3.